The van der Waals surface area contributed by atoms with E-state index in [1.807, 2.05) is 32.9 Å². The van der Waals surface area contributed by atoms with Crippen molar-refractivity contribution >= 4 is 46.4 Å². The fourth-order valence-corrected chi connectivity index (χ4v) is 4.95. The number of carbonyl (C=O) groups excluding carboxylic acids is 2. The van der Waals surface area contributed by atoms with Crippen LogP contribution in [0.2, 0.25) is 10.0 Å². The van der Waals surface area contributed by atoms with Crippen LogP contribution in [0, 0.1) is 18.7 Å². The highest BCUT2D eigenvalue weighted by Gasteiger charge is 2.25. The first-order valence-corrected chi connectivity index (χ1v) is 12.5. The summed E-state index contributed by atoms with van der Waals surface area (Å²) in [7, 11) is 0. The lowest BCUT2D eigenvalue weighted by molar-refractivity contribution is -0.133. The van der Waals surface area contributed by atoms with Crippen molar-refractivity contribution in [2.45, 2.75) is 33.9 Å². The van der Waals surface area contributed by atoms with Gasteiger partial charge in [-0.1, -0.05) is 49.2 Å². The van der Waals surface area contributed by atoms with E-state index in [0.29, 0.717) is 30.2 Å². The van der Waals surface area contributed by atoms with Gasteiger partial charge in [0.05, 0.1) is 17.1 Å². The molecule has 0 saturated carbocycles. The molecule has 0 N–H and O–H groups in total. The van der Waals surface area contributed by atoms with Crippen molar-refractivity contribution in [3.05, 3.63) is 91.3 Å². The molecule has 0 fully saturated rings. The fourth-order valence-electron chi connectivity index (χ4n) is 3.56. The van der Waals surface area contributed by atoms with Crippen molar-refractivity contribution < 1.29 is 14.0 Å². The number of nitrogens with zero attached hydrogens (tertiary/aromatic N) is 2. The van der Waals surface area contributed by atoms with Gasteiger partial charge in [0.15, 0.2) is 0 Å². The molecule has 34 heavy (non-hydrogen) atoms. The molecule has 3 aromatic rings. The molecule has 180 valence electrons. The lowest BCUT2D eigenvalue weighted by Crippen LogP contribution is -2.44. The molecule has 4 nitrogen and oxygen atoms in total. The second-order valence-corrected chi connectivity index (χ2v) is 10.8. The first-order chi connectivity index (χ1) is 16.1. The van der Waals surface area contributed by atoms with E-state index in [4.69, 9.17) is 23.2 Å². The van der Waals surface area contributed by atoms with Gasteiger partial charge in [0.1, 0.15) is 12.4 Å². The van der Waals surface area contributed by atoms with Crippen molar-refractivity contribution in [1.82, 2.24) is 9.80 Å². The maximum absolute atomic E-state index is 13.5. The Labute approximate surface area is 213 Å². The first-order valence-electron chi connectivity index (χ1n) is 10.9. The molecule has 0 radical (unpaired) electrons. The highest BCUT2D eigenvalue weighted by Crippen LogP contribution is 2.24. The molecule has 0 spiro atoms. The fraction of sp³-hybridized carbons (Fsp3) is 0.308. The highest BCUT2D eigenvalue weighted by atomic mass is 35.5. The van der Waals surface area contributed by atoms with E-state index in [1.54, 1.807) is 40.5 Å². The van der Waals surface area contributed by atoms with Gasteiger partial charge in [-0.2, -0.15) is 0 Å². The van der Waals surface area contributed by atoms with Crippen molar-refractivity contribution in [2.75, 3.05) is 13.1 Å². The molecule has 0 aliphatic heterocycles. The van der Waals surface area contributed by atoms with E-state index in [1.165, 1.54) is 23.1 Å². The van der Waals surface area contributed by atoms with Crippen LogP contribution in [0.3, 0.4) is 0 Å². The quantitative estimate of drug-likeness (QED) is 0.310. The summed E-state index contributed by atoms with van der Waals surface area (Å²) in [4.78, 5) is 32.2. The number of benzene rings is 2. The third-order valence-corrected chi connectivity index (χ3v) is 6.68. The Morgan fingerprint density at radius 1 is 0.971 bits per heavy atom. The van der Waals surface area contributed by atoms with Crippen LogP contribution in [-0.4, -0.2) is 34.7 Å². The maximum Gasteiger partial charge on any atom is 0.255 e. The van der Waals surface area contributed by atoms with Gasteiger partial charge in [-0.15, -0.1) is 11.3 Å². The zero-order valence-electron chi connectivity index (χ0n) is 19.4. The normalized spacial score (nSPS) is 11.0. The van der Waals surface area contributed by atoms with Crippen LogP contribution < -0.4 is 0 Å². The van der Waals surface area contributed by atoms with Crippen molar-refractivity contribution in [3.63, 3.8) is 0 Å². The van der Waals surface area contributed by atoms with Gasteiger partial charge >= 0.3 is 0 Å². The number of halogens is 3. The van der Waals surface area contributed by atoms with E-state index < -0.39 is 0 Å². The zero-order chi connectivity index (χ0) is 24.8. The predicted molar refractivity (Wildman–Crippen MR) is 137 cm³/mol. The van der Waals surface area contributed by atoms with E-state index in [-0.39, 0.29) is 35.1 Å². The van der Waals surface area contributed by atoms with Gasteiger partial charge in [0, 0.05) is 27.9 Å². The van der Waals surface area contributed by atoms with E-state index in [2.05, 4.69) is 0 Å². The van der Waals surface area contributed by atoms with E-state index in [9.17, 15) is 14.0 Å². The Balaban J connectivity index is 1.85. The maximum atomic E-state index is 13.5. The number of aryl methyl sites for hydroxylation is 1. The standard InChI is InChI=1S/C26H27Cl2FN2O2S/c1-17(2)13-31(26(33)23-11-7-20(27)12-24(23)28)16-25(32)30(15-22-10-4-18(3)34-22)14-19-5-8-21(29)9-6-19/h4-12,17H,13-16H2,1-3H3. The summed E-state index contributed by atoms with van der Waals surface area (Å²) in [5, 5.41) is 0.681. The molecular formula is C26H27Cl2FN2O2S. The number of hydrogen-bond acceptors (Lipinski definition) is 3. The summed E-state index contributed by atoms with van der Waals surface area (Å²) in [5.74, 6) is -0.704. The van der Waals surface area contributed by atoms with Gasteiger partial charge in [-0.25, -0.2) is 4.39 Å². The Morgan fingerprint density at radius 3 is 2.26 bits per heavy atom. The summed E-state index contributed by atoms with van der Waals surface area (Å²) in [6.07, 6.45) is 0. The number of amides is 2. The molecule has 8 heteroatoms. The summed E-state index contributed by atoms with van der Waals surface area (Å²) in [6, 6.07) is 14.8. The number of carbonyl (C=O) groups is 2. The lowest BCUT2D eigenvalue weighted by Gasteiger charge is -2.29. The third kappa shape index (κ3) is 7.29. The minimum Gasteiger partial charge on any atom is -0.332 e. The molecular weight excluding hydrogens is 494 g/mol. The predicted octanol–water partition coefficient (Wildman–Crippen LogP) is 6.83. The molecule has 0 aliphatic carbocycles. The summed E-state index contributed by atoms with van der Waals surface area (Å²) < 4.78 is 13.4. The monoisotopic (exact) mass is 520 g/mol. The number of hydrogen-bond donors (Lipinski definition) is 0. The van der Waals surface area contributed by atoms with E-state index in [0.717, 1.165) is 15.3 Å². The molecule has 0 atom stereocenters. The molecule has 1 heterocycles. The van der Waals surface area contributed by atoms with Crippen LogP contribution in [0.15, 0.2) is 54.6 Å². The largest absolute Gasteiger partial charge is 0.332 e. The zero-order valence-corrected chi connectivity index (χ0v) is 21.7. The SMILES string of the molecule is Cc1ccc(CN(Cc2ccc(F)cc2)C(=O)CN(CC(C)C)C(=O)c2ccc(Cl)cc2Cl)s1. The average molecular weight is 521 g/mol. The van der Waals surface area contributed by atoms with Gasteiger partial charge in [-0.05, 0) is 60.9 Å². The first kappa shape index (κ1) is 26.2. The minimum atomic E-state index is -0.330. The smallest absolute Gasteiger partial charge is 0.255 e. The van der Waals surface area contributed by atoms with Crippen molar-refractivity contribution in [2.24, 2.45) is 5.92 Å². The molecule has 0 aliphatic rings. The van der Waals surface area contributed by atoms with E-state index >= 15 is 0 Å². The molecule has 3 rings (SSSR count). The molecule has 0 saturated heterocycles. The van der Waals surface area contributed by atoms with Crippen molar-refractivity contribution in [3.8, 4) is 0 Å². The number of rotatable bonds is 9. The van der Waals surface area contributed by atoms with Crippen LogP contribution in [0.5, 0.6) is 0 Å². The molecule has 1 aromatic heterocycles. The average Bonchev–Trinajstić information content (AvgIpc) is 3.18. The van der Waals surface area contributed by atoms with Crippen molar-refractivity contribution in [1.29, 1.82) is 0 Å². The summed E-state index contributed by atoms with van der Waals surface area (Å²) in [6.45, 7) is 6.99. The van der Waals surface area contributed by atoms with Crippen LogP contribution in [0.1, 0.15) is 39.5 Å². The Morgan fingerprint density at radius 2 is 1.68 bits per heavy atom. The summed E-state index contributed by atoms with van der Waals surface area (Å²) >= 11 is 13.9. The van der Waals surface area contributed by atoms with Crippen LogP contribution in [0.4, 0.5) is 4.39 Å². The number of thiophene rings is 1. The molecule has 0 unspecified atom stereocenters. The van der Waals surface area contributed by atoms with Crippen LogP contribution >= 0.6 is 34.5 Å². The van der Waals surface area contributed by atoms with Gasteiger partial charge in [0.2, 0.25) is 5.91 Å². The summed E-state index contributed by atoms with van der Waals surface area (Å²) in [5.41, 5.74) is 1.11. The van der Waals surface area contributed by atoms with Gasteiger partial charge < -0.3 is 9.80 Å². The second-order valence-electron chi connectivity index (χ2n) is 8.59. The second kappa shape index (κ2) is 11.8. The highest BCUT2D eigenvalue weighted by molar-refractivity contribution is 7.11. The molecule has 2 aromatic carbocycles. The molecule has 0 bridgehead atoms. The Hall–Kier alpha value is -2.41. The van der Waals surface area contributed by atoms with Gasteiger partial charge in [0.25, 0.3) is 5.91 Å². The Bertz CT molecular complexity index is 1150. The molecule has 2 amide bonds. The third-order valence-electron chi connectivity index (χ3n) is 5.14. The lowest BCUT2D eigenvalue weighted by atomic mass is 10.1. The Kier molecular flexibility index (Phi) is 9.11. The topological polar surface area (TPSA) is 40.6 Å². The van der Waals surface area contributed by atoms with Gasteiger partial charge in [-0.3, -0.25) is 9.59 Å². The minimum absolute atomic E-state index is 0.0957. The van der Waals surface area contributed by atoms with Crippen LogP contribution in [-0.2, 0) is 17.9 Å². The van der Waals surface area contributed by atoms with Crippen LogP contribution in [0.25, 0.3) is 0 Å².